The molecular formula is C14H20FN3O3. The first-order valence-corrected chi connectivity index (χ1v) is 7.45. The Morgan fingerprint density at radius 3 is 2.86 bits per heavy atom. The molecule has 0 aromatic carbocycles. The first kappa shape index (κ1) is 14.4. The number of hydrogen-bond donors (Lipinski definition) is 0. The topological polar surface area (TPSA) is 68.5 Å². The van der Waals surface area contributed by atoms with Crippen LogP contribution >= 0.6 is 0 Å². The van der Waals surface area contributed by atoms with Crippen molar-refractivity contribution >= 4 is 5.91 Å². The second kappa shape index (κ2) is 5.71. The van der Waals surface area contributed by atoms with Gasteiger partial charge in [0.25, 0.3) is 5.89 Å². The van der Waals surface area contributed by atoms with E-state index >= 15 is 4.39 Å². The molecule has 0 radical (unpaired) electrons. The predicted octanol–water partition coefficient (Wildman–Crippen LogP) is 1.59. The van der Waals surface area contributed by atoms with Crippen LogP contribution in [0.1, 0.15) is 37.4 Å². The van der Waals surface area contributed by atoms with Gasteiger partial charge in [-0.1, -0.05) is 5.16 Å². The summed E-state index contributed by atoms with van der Waals surface area (Å²) in [6.07, 6.45) is 2.35. The van der Waals surface area contributed by atoms with Crippen LogP contribution in [0.4, 0.5) is 4.39 Å². The molecule has 6 nitrogen and oxygen atoms in total. The van der Waals surface area contributed by atoms with Crippen LogP contribution in [0.25, 0.3) is 0 Å². The van der Waals surface area contributed by atoms with Crippen LogP contribution in [0, 0.1) is 12.8 Å². The summed E-state index contributed by atoms with van der Waals surface area (Å²) in [5.74, 6) is 0.376. The second-order valence-electron chi connectivity index (χ2n) is 5.86. The molecule has 2 fully saturated rings. The van der Waals surface area contributed by atoms with Crippen LogP contribution in [0.3, 0.4) is 0 Å². The van der Waals surface area contributed by atoms with Gasteiger partial charge in [0.2, 0.25) is 11.6 Å². The van der Waals surface area contributed by atoms with Crippen molar-refractivity contribution in [1.29, 1.82) is 0 Å². The highest BCUT2D eigenvalue weighted by molar-refractivity contribution is 5.79. The molecule has 1 amide bonds. The Labute approximate surface area is 122 Å². The number of likely N-dealkylation sites (tertiary alicyclic amines) is 1. The van der Waals surface area contributed by atoms with Gasteiger partial charge in [-0.2, -0.15) is 4.98 Å². The minimum absolute atomic E-state index is 0.00479. The summed E-state index contributed by atoms with van der Waals surface area (Å²) in [5.41, 5.74) is -1.72. The molecule has 21 heavy (non-hydrogen) atoms. The number of nitrogens with zero attached hydrogens (tertiary/aromatic N) is 3. The number of carbonyl (C=O) groups excluding carboxylic acids is 1. The van der Waals surface area contributed by atoms with Crippen molar-refractivity contribution in [3.63, 3.8) is 0 Å². The van der Waals surface area contributed by atoms with Crippen molar-refractivity contribution in [2.75, 3.05) is 26.3 Å². The van der Waals surface area contributed by atoms with E-state index in [9.17, 15) is 4.79 Å². The van der Waals surface area contributed by atoms with E-state index in [1.165, 1.54) is 0 Å². The van der Waals surface area contributed by atoms with E-state index in [1.54, 1.807) is 11.8 Å². The zero-order chi connectivity index (χ0) is 14.9. The normalized spacial score (nSPS) is 27.8. The van der Waals surface area contributed by atoms with Crippen LogP contribution in [-0.4, -0.2) is 47.3 Å². The third kappa shape index (κ3) is 2.92. The molecule has 2 saturated heterocycles. The van der Waals surface area contributed by atoms with E-state index in [2.05, 4.69) is 10.1 Å². The number of alkyl halides is 1. The van der Waals surface area contributed by atoms with Crippen LogP contribution < -0.4 is 0 Å². The summed E-state index contributed by atoms with van der Waals surface area (Å²) < 4.78 is 25.3. The number of carbonyl (C=O) groups is 1. The predicted molar refractivity (Wildman–Crippen MR) is 71.2 cm³/mol. The molecule has 1 unspecified atom stereocenters. The smallest absolute Gasteiger partial charge is 0.266 e. The Bertz CT molecular complexity index is 515. The maximum absolute atomic E-state index is 15.1. The first-order valence-electron chi connectivity index (χ1n) is 7.45. The molecule has 0 bridgehead atoms. The number of aromatic nitrogens is 2. The molecule has 2 aliphatic rings. The number of halogens is 1. The highest BCUT2D eigenvalue weighted by Gasteiger charge is 2.44. The summed E-state index contributed by atoms with van der Waals surface area (Å²) in [6.45, 7) is 3.46. The zero-order valence-electron chi connectivity index (χ0n) is 12.2. The monoisotopic (exact) mass is 297 g/mol. The summed E-state index contributed by atoms with van der Waals surface area (Å²) in [5, 5.41) is 3.65. The highest BCUT2D eigenvalue weighted by Crippen LogP contribution is 2.35. The summed E-state index contributed by atoms with van der Waals surface area (Å²) in [6, 6.07) is 0. The Morgan fingerprint density at radius 1 is 1.43 bits per heavy atom. The molecule has 0 N–H and O–H groups in total. The highest BCUT2D eigenvalue weighted by atomic mass is 19.1. The molecule has 2 aliphatic heterocycles. The van der Waals surface area contributed by atoms with Crippen molar-refractivity contribution in [3.05, 3.63) is 11.7 Å². The maximum Gasteiger partial charge on any atom is 0.266 e. The number of piperidine rings is 1. The van der Waals surface area contributed by atoms with E-state index < -0.39 is 5.67 Å². The third-order valence-corrected chi connectivity index (χ3v) is 4.24. The quantitative estimate of drug-likeness (QED) is 0.829. The van der Waals surface area contributed by atoms with Crippen LogP contribution in [0.5, 0.6) is 0 Å². The van der Waals surface area contributed by atoms with Gasteiger partial charge in [0.05, 0.1) is 6.54 Å². The summed E-state index contributed by atoms with van der Waals surface area (Å²) in [4.78, 5) is 18.1. The lowest BCUT2D eigenvalue weighted by atomic mass is 9.91. The fourth-order valence-corrected chi connectivity index (χ4v) is 3.06. The number of ether oxygens (including phenoxy) is 1. The molecule has 1 aromatic heterocycles. The Hall–Kier alpha value is -1.50. The molecule has 0 saturated carbocycles. The van der Waals surface area contributed by atoms with Gasteiger partial charge in [-0.3, -0.25) is 4.79 Å². The van der Waals surface area contributed by atoms with Crippen molar-refractivity contribution in [1.82, 2.24) is 15.0 Å². The Balaban J connectivity index is 1.71. The van der Waals surface area contributed by atoms with Crippen LogP contribution in [-0.2, 0) is 15.2 Å². The summed E-state index contributed by atoms with van der Waals surface area (Å²) in [7, 11) is 0. The van der Waals surface area contributed by atoms with Gasteiger partial charge >= 0.3 is 0 Å². The van der Waals surface area contributed by atoms with Crippen molar-refractivity contribution in [3.8, 4) is 0 Å². The average molecular weight is 297 g/mol. The summed E-state index contributed by atoms with van der Waals surface area (Å²) >= 11 is 0. The number of rotatable bonds is 2. The fourth-order valence-electron chi connectivity index (χ4n) is 3.06. The molecule has 0 aliphatic carbocycles. The standard InChI is InChI=1S/C14H20FN3O3/c1-10-16-13(21-17-10)14(15)5-2-6-18(9-14)12(19)11-3-7-20-8-4-11/h11H,2-9H2,1H3. The fraction of sp³-hybridized carbons (Fsp3) is 0.786. The molecule has 3 rings (SSSR count). The van der Waals surface area contributed by atoms with Gasteiger partial charge in [0.15, 0.2) is 5.82 Å². The van der Waals surface area contributed by atoms with Crippen molar-refractivity contribution in [2.24, 2.45) is 5.92 Å². The minimum atomic E-state index is -1.72. The lowest BCUT2D eigenvalue weighted by Gasteiger charge is -2.37. The molecule has 0 spiro atoms. The average Bonchev–Trinajstić information content (AvgIpc) is 2.95. The molecule has 1 atom stereocenters. The third-order valence-electron chi connectivity index (χ3n) is 4.24. The largest absolute Gasteiger partial charge is 0.381 e. The molecule has 116 valence electrons. The maximum atomic E-state index is 15.1. The zero-order valence-corrected chi connectivity index (χ0v) is 12.2. The van der Waals surface area contributed by atoms with Crippen molar-refractivity contribution in [2.45, 2.75) is 38.3 Å². The lowest BCUT2D eigenvalue weighted by molar-refractivity contribution is -0.143. The van der Waals surface area contributed by atoms with Gasteiger partial charge in [-0.25, -0.2) is 4.39 Å². The SMILES string of the molecule is Cc1noc(C2(F)CCCN(C(=O)C3CCOCC3)C2)n1. The van der Waals surface area contributed by atoms with Crippen LogP contribution in [0.15, 0.2) is 4.52 Å². The number of hydrogen-bond acceptors (Lipinski definition) is 5. The minimum Gasteiger partial charge on any atom is -0.381 e. The number of aryl methyl sites for hydroxylation is 1. The number of amides is 1. The second-order valence-corrected chi connectivity index (χ2v) is 5.86. The Morgan fingerprint density at radius 2 is 2.19 bits per heavy atom. The van der Waals surface area contributed by atoms with E-state index in [-0.39, 0.29) is 24.3 Å². The van der Waals surface area contributed by atoms with E-state index in [1.807, 2.05) is 0 Å². The van der Waals surface area contributed by atoms with E-state index in [0.29, 0.717) is 51.3 Å². The van der Waals surface area contributed by atoms with Gasteiger partial charge in [-0.05, 0) is 32.6 Å². The van der Waals surface area contributed by atoms with Crippen molar-refractivity contribution < 1.29 is 18.4 Å². The van der Waals surface area contributed by atoms with Gasteiger partial charge < -0.3 is 14.2 Å². The van der Waals surface area contributed by atoms with Gasteiger partial charge in [0.1, 0.15) is 0 Å². The lowest BCUT2D eigenvalue weighted by Crippen LogP contribution is -2.49. The molecule has 1 aromatic rings. The Kier molecular flexibility index (Phi) is 3.93. The van der Waals surface area contributed by atoms with Gasteiger partial charge in [0, 0.05) is 25.7 Å². The van der Waals surface area contributed by atoms with Crippen LogP contribution in [0.2, 0.25) is 0 Å². The van der Waals surface area contributed by atoms with Gasteiger partial charge in [-0.15, -0.1) is 0 Å². The van der Waals surface area contributed by atoms with E-state index in [4.69, 9.17) is 9.26 Å². The molecular weight excluding hydrogens is 277 g/mol. The molecule has 7 heteroatoms. The molecule has 3 heterocycles. The first-order chi connectivity index (χ1) is 10.1. The van der Waals surface area contributed by atoms with E-state index in [0.717, 1.165) is 0 Å².